The molecule has 0 aliphatic carbocycles. The first-order valence-electron chi connectivity index (χ1n) is 6.20. The second-order valence-corrected chi connectivity index (χ2v) is 5.88. The quantitative estimate of drug-likeness (QED) is 0.357. The van der Waals surface area contributed by atoms with E-state index in [4.69, 9.17) is 4.74 Å². The molecule has 0 radical (unpaired) electrons. The van der Waals surface area contributed by atoms with Crippen LogP contribution in [0.1, 0.15) is 30.1 Å². The Morgan fingerprint density at radius 2 is 2.25 bits per heavy atom. The number of nitro groups is 1. The highest BCUT2D eigenvalue weighted by Crippen LogP contribution is 2.24. The summed E-state index contributed by atoms with van der Waals surface area (Å²) < 4.78 is 5.03. The summed E-state index contributed by atoms with van der Waals surface area (Å²) in [6.07, 6.45) is 1.81. The van der Waals surface area contributed by atoms with Crippen LogP contribution in [0, 0.1) is 10.1 Å². The Labute approximate surface area is 125 Å². The number of halogens is 1. The molecule has 110 valence electrons. The molecule has 1 atom stereocenters. The van der Waals surface area contributed by atoms with Gasteiger partial charge in [0.2, 0.25) is 0 Å². The van der Waals surface area contributed by atoms with E-state index < -0.39 is 4.92 Å². The molecule has 1 N–H and O–H groups in total. The number of amides is 1. The van der Waals surface area contributed by atoms with Gasteiger partial charge in [0.1, 0.15) is 5.75 Å². The van der Waals surface area contributed by atoms with Gasteiger partial charge in [-0.3, -0.25) is 14.9 Å². The first-order chi connectivity index (χ1) is 9.45. The number of hydrogen-bond acceptors (Lipinski definition) is 4. The molecule has 0 fully saturated rings. The molecule has 0 heterocycles. The van der Waals surface area contributed by atoms with Gasteiger partial charge < -0.3 is 10.1 Å². The van der Waals surface area contributed by atoms with E-state index in [1.165, 1.54) is 25.3 Å². The summed E-state index contributed by atoms with van der Waals surface area (Å²) in [4.78, 5) is 22.5. The third-order valence-corrected chi connectivity index (χ3v) is 3.16. The number of carbonyl (C=O) groups excluding carboxylic acids is 1. The van der Waals surface area contributed by atoms with Crippen molar-refractivity contribution in [2.75, 3.05) is 13.7 Å². The number of rotatable bonds is 7. The predicted octanol–water partition coefficient (Wildman–Crippen LogP) is 2.90. The van der Waals surface area contributed by atoms with Gasteiger partial charge in [0.15, 0.2) is 0 Å². The summed E-state index contributed by atoms with van der Waals surface area (Å²) in [5.74, 6) is -0.0930. The molecule has 1 amide bonds. The van der Waals surface area contributed by atoms with E-state index in [2.05, 4.69) is 21.2 Å². The Kier molecular flexibility index (Phi) is 6.44. The molecule has 0 aromatic heterocycles. The van der Waals surface area contributed by atoms with Crippen LogP contribution >= 0.6 is 15.9 Å². The first-order valence-corrected chi connectivity index (χ1v) is 7.12. The summed E-state index contributed by atoms with van der Waals surface area (Å²) in [7, 11) is 1.38. The fourth-order valence-corrected chi connectivity index (χ4v) is 1.99. The number of ether oxygens (including phenoxy) is 1. The van der Waals surface area contributed by atoms with Gasteiger partial charge in [-0.1, -0.05) is 22.9 Å². The second-order valence-electron chi connectivity index (χ2n) is 4.32. The Bertz CT molecular complexity index is 491. The van der Waals surface area contributed by atoms with Crippen LogP contribution in [0.3, 0.4) is 0 Å². The van der Waals surface area contributed by atoms with Crippen molar-refractivity contribution in [2.24, 2.45) is 0 Å². The summed E-state index contributed by atoms with van der Waals surface area (Å²) in [5, 5.41) is 13.4. The maximum Gasteiger partial charge on any atom is 0.273 e. The number of nitro benzene ring substituents is 1. The van der Waals surface area contributed by atoms with Crippen molar-refractivity contribution < 1.29 is 14.5 Å². The SMILES string of the molecule is COc1cc([N+](=O)[O-])ccc1C(=O)NCCCC(C)Br. The van der Waals surface area contributed by atoms with Crippen molar-refractivity contribution in [3.8, 4) is 5.75 Å². The minimum absolute atomic E-state index is 0.105. The van der Waals surface area contributed by atoms with E-state index in [0.29, 0.717) is 16.9 Å². The summed E-state index contributed by atoms with van der Waals surface area (Å²) in [6.45, 7) is 2.59. The summed E-state index contributed by atoms with van der Waals surface area (Å²) in [5.41, 5.74) is 0.191. The number of alkyl halides is 1. The van der Waals surface area contributed by atoms with Crippen LogP contribution in [0.5, 0.6) is 5.75 Å². The topological polar surface area (TPSA) is 81.5 Å². The Balaban J connectivity index is 2.70. The van der Waals surface area contributed by atoms with Crippen LogP contribution in [0.4, 0.5) is 5.69 Å². The van der Waals surface area contributed by atoms with Gasteiger partial charge in [-0.25, -0.2) is 0 Å². The van der Waals surface area contributed by atoms with Gasteiger partial charge in [-0.05, 0) is 18.9 Å². The van der Waals surface area contributed by atoms with Crippen LogP contribution in [-0.2, 0) is 0 Å². The van der Waals surface area contributed by atoms with Crippen LogP contribution in [0.25, 0.3) is 0 Å². The number of hydrogen-bond donors (Lipinski definition) is 1. The molecule has 1 aromatic carbocycles. The molecule has 1 rings (SSSR count). The van der Waals surface area contributed by atoms with E-state index in [1.54, 1.807) is 0 Å². The van der Waals surface area contributed by atoms with Crippen molar-refractivity contribution >= 4 is 27.5 Å². The van der Waals surface area contributed by atoms with Crippen LogP contribution < -0.4 is 10.1 Å². The van der Waals surface area contributed by atoms with Gasteiger partial charge in [-0.2, -0.15) is 0 Å². The van der Waals surface area contributed by atoms with E-state index in [9.17, 15) is 14.9 Å². The molecule has 0 aliphatic rings. The van der Waals surface area contributed by atoms with Gasteiger partial charge in [0.05, 0.1) is 23.7 Å². The van der Waals surface area contributed by atoms with E-state index in [1.807, 2.05) is 6.92 Å². The zero-order valence-electron chi connectivity index (χ0n) is 11.4. The third-order valence-electron chi connectivity index (χ3n) is 2.70. The average molecular weight is 345 g/mol. The average Bonchev–Trinajstić information content (AvgIpc) is 2.42. The summed E-state index contributed by atoms with van der Waals surface area (Å²) >= 11 is 3.43. The molecular weight excluding hydrogens is 328 g/mol. The molecule has 0 spiro atoms. The number of methoxy groups -OCH3 is 1. The minimum Gasteiger partial charge on any atom is -0.496 e. The number of benzene rings is 1. The molecule has 6 nitrogen and oxygen atoms in total. The first kappa shape index (κ1) is 16.4. The highest BCUT2D eigenvalue weighted by Gasteiger charge is 2.16. The van der Waals surface area contributed by atoms with E-state index in [0.717, 1.165) is 12.8 Å². The lowest BCUT2D eigenvalue weighted by molar-refractivity contribution is -0.384. The van der Waals surface area contributed by atoms with Crippen molar-refractivity contribution in [1.82, 2.24) is 5.32 Å². The molecule has 1 aromatic rings. The minimum atomic E-state index is -0.526. The number of nitrogens with one attached hydrogen (secondary N) is 1. The lowest BCUT2D eigenvalue weighted by Crippen LogP contribution is -2.25. The Morgan fingerprint density at radius 1 is 1.55 bits per heavy atom. The number of carbonyl (C=O) groups is 1. The lowest BCUT2D eigenvalue weighted by atomic mass is 10.1. The standard InChI is InChI=1S/C13H17BrN2O4/c1-9(14)4-3-7-15-13(17)11-6-5-10(16(18)19)8-12(11)20-2/h5-6,8-9H,3-4,7H2,1-2H3,(H,15,17). The maximum absolute atomic E-state index is 12.0. The van der Waals surface area contributed by atoms with Gasteiger partial charge >= 0.3 is 0 Å². The predicted molar refractivity (Wildman–Crippen MR) is 79.6 cm³/mol. The monoisotopic (exact) mass is 344 g/mol. The van der Waals surface area contributed by atoms with Gasteiger partial charge in [0.25, 0.3) is 11.6 Å². The van der Waals surface area contributed by atoms with Crippen molar-refractivity contribution in [3.63, 3.8) is 0 Å². The van der Waals surface area contributed by atoms with E-state index >= 15 is 0 Å². The Morgan fingerprint density at radius 3 is 2.80 bits per heavy atom. The third kappa shape index (κ3) is 4.80. The van der Waals surface area contributed by atoms with Gasteiger partial charge in [0, 0.05) is 17.4 Å². The zero-order chi connectivity index (χ0) is 15.1. The second kappa shape index (κ2) is 7.84. The molecule has 0 aliphatic heterocycles. The van der Waals surface area contributed by atoms with Crippen molar-refractivity contribution in [2.45, 2.75) is 24.6 Å². The highest BCUT2D eigenvalue weighted by molar-refractivity contribution is 9.09. The molecular formula is C13H17BrN2O4. The van der Waals surface area contributed by atoms with Crippen LogP contribution in [0.15, 0.2) is 18.2 Å². The molecule has 1 unspecified atom stereocenters. The smallest absolute Gasteiger partial charge is 0.273 e. The number of non-ortho nitro benzene ring substituents is 1. The molecule has 0 saturated carbocycles. The lowest BCUT2D eigenvalue weighted by Gasteiger charge is -2.09. The van der Waals surface area contributed by atoms with E-state index in [-0.39, 0.29) is 17.3 Å². The molecule has 7 heteroatoms. The summed E-state index contributed by atoms with van der Waals surface area (Å²) in [6, 6.07) is 3.94. The number of nitrogens with zero attached hydrogens (tertiary/aromatic N) is 1. The fraction of sp³-hybridized carbons (Fsp3) is 0.462. The fourth-order valence-electron chi connectivity index (χ4n) is 1.66. The normalized spacial score (nSPS) is 11.8. The Hall–Kier alpha value is -1.63. The van der Waals surface area contributed by atoms with Crippen molar-refractivity contribution in [3.05, 3.63) is 33.9 Å². The maximum atomic E-state index is 12.0. The van der Waals surface area contributed by atoms with Crippen LogP contribution in [-0.4, -0.2) is 29.3 Å². The van der Waals surface area contributed by atoms with Gasteiger partial charge in [-0.15, -0.1) is 0 Å². The molecule has 0 saturated heterocycles. The molecule has 20 heavy (non-hydrogen) atoms. The molecule has 0 bridgehead atoms. The van der Waals surface area contributed by atoms with Crippen LogP contribution in [0.2, 0.25) is 0 Å². The highest BCUT2D eigenvalue weighted by atomic mass is 79.9. The largest absolute Gasteiger partial charge is 0.496 e. The zero-order valence-corrected chi connectivity index (χ0v) is 13.0. The van der Waals surface area contributed by atoms with Crippen molar-refractivity contribution in [1.29, 1.82) is 0 Å².